The fraction of sp³-hybridized carbons (Fsp3) is 0.250. The minimum atomic E-state index is -0.703. The summed E-state index contributed by atoms with van der Waals surface area (Å²) in [6, 6.07) is 3.21. The molecule has 0 aliphatic heterocycles. The molecule has 0 amide bonds. The number of nitrogens with zero attached hydrogens (tertiary/aromatic N) is 14. The van der Waals surface area contributed by atoms with E-state index in [0.29, 0.717) is 11.4 Å². The van der Waals surface area contributed by atoms with Gasteiger partial charge in [0.05, 0.1) is 36.5 Å². The molecule has 5 aromatic rings. The highest BCUT2D eigenvalue weighted by molar-refractivity contribution is 6.00. The van der Waals surface area contributed by atoms with Crippen LogP contribution in [0.3, 0.4) is 0 Å². The van der Waals surface area contributed by atoms with E-state index in [9.17, 15) is 14.7 Å². The Labute approximate surface area is 258 Å². The molecule has 238 valence electrons. The lowest BCUT2D eigenvalue weighted by Crippen LogP contribution is -2.15. The van der Waals surface area contributed by atoms with Gasteiger partial charge in [-0.3, -0.25) is 4.79 Å². The molecule has 0 aromatic carbocycles. The molecule has 46 heavy (non-hydrogen) atoms. The largest absolute Gasteiger partial charge is 0.465 e. The van der Waals surface area contributed by atoms with Gasteiger partial charge in [-0.1, -0.05) is 0 Å². The van der Waals surface area contributed by atoms with Crippen molar-refractivity contribution in [1.82, 2.24) is 49.3 Å². The number of Topliss-reactive ketones (excluding diaryl/α,β-unsaturated/α-hetero) is 1. The van der Waals surface area contributed by atoms with E-state index in [-0.39, 0.29) is 57.4 Å². The molecule has 5 heterocycles. The molecule has 5 rings (SSSR count). The summed E-state index contributed by atoms with van der Waals surface area (Å²) in [5.74, 6) is 11.8. The maximum Gasteiger partial charge on any atom is 0.343 e. The van der Waals surface area contributed by atoms with Gasteiger partial charge in [0.1, 0.15) is 12.2 Å². The maximum absolute atomic E-state index is 12.1. The number of azo groups is 2. The molecule has 22 heteroatoms. The number of hydrogen-bond donors (Lipinski definition) is 5. The molecule has 0 radical (unpaired) electrons. The summed E-state index contributed by atoms with van der Waals surface area (Å²) in [5, 5.41) is 51.5. The van der Waals surface area contributed by atoms with Crippen molar-refractivity contribution in [2.75, 3.05) is 24.6 Å². The molecule has 0 fully saturated rings. The molecular formula is C24H28N18O4. The van der Waals surface area contributed by atoms with Gasteiger partial charge in [0, 0.05) is 14.1 Å². The molecule has 0 saturated heterocycles. The van der Waals surface area contributed by atoms with Gasteiger partial charge < -0.3 is 20.7 Å². The lowest BCUT2D eigenvalue weighted by molar-refractivity contribution is 0.0601. The van der Waals surface area contributed by atoms with Crippen LogP contribution in [0.5, 0.6) is 0 Å². The van der Waals surface area contributed by atoms with E-state index in [4.69, 9.17) is 16.4 Å². The van der Waals surface area contributed by atoms with Gasteiger partial charge >= 0.3 is 5.97 Å². The van der Waals surface area contributed by atoms with Gasteiger partial charge in [0.2, 0.25) is 0 Å². The minimum Gasteiger partial charge on any atom is -0.465 e. The van der Waals surface area contributed by atoms with Gasteiger partial charge in [-0.15, -0.1) is 30.7 Å². The number of ether oxygens (including phenoxy) is 1. The summed E-state index contributed by atoms with van der Waals surface area (Å²) >= 11 is 0. The predicted octanol–water partition coefficient (Wildman–Crippen LogP) is 1.30. The summed E-state index contributed by atoms with van der Waals surface area (Å²) in [6.45, 7) is 2.66. The van der Waals surface area contributed by atoms with Gasteiger partial charge in [0.25, 0.3) is 0 Å². The number of aromatic nitrogens is 10. The lowest BCUT2D eigenvalue weighted by atomic mass is 10.2. The van der Waals surface area contributed by atoms with Crippen molar-refractivity contribution in [3.8, 4) is 11.6 Å². The second kappa shape index (κ2) is 12.8. The number of aliphatic hydroxyl groups is 1. The van der Waals surface area contributed by atoms with Crippen molar-refractivity contribution in [1.29, 1.82) is 0 Å². The third kappa shape index (κ3) is 5.56. The molecular weight excluding hydrogens is 604 g/mol. The third-order valence-electron chi connectivity index (χ3n) is 6.56. The van der Waals surface area contributed by atoms with Crippen LogP contribution in [0.1, 0.15) is 32.1 Å². The second-order valence-corrected chi connectivity index (χ2v) is 9.41. The zero-order chi connectivity index (χ0) is 33.1. The van der Waals surface area contributed by atoms with E-state index in [0.717, 1.165) is 0 Å². The summed E-state index contributed by atoms with van der Waals surface area (Å²) < 4.78 is 10.2. The standard InChI is InChI=1S/C24H28N18O4/c1-11-18(33-35-20-13(15(44)10-43)8-27-39(20)3)22(29-25)41(37-11)16-6-7-17(32-31-16)42-23(30-26)19(12(2)38-42)34-36-21-14(24(45)46-5)9-28-40(21)4/h6-9,29-30,43H,10,25-26H2,1-5H3/b35-33+,36-34+. The molecule has 0 bridgehead atoms. The summed E-state index contributed by atoms with van der Waals surface area (Å²) in [6.07, 6.45) is 2.62. The highest BCUT2D eigenvalue weighted by atomic mass is 16.5. The number of esters is 1. The number of anilines is 2. The van der Waals surface area contributed by atoms with Crippen LogP contribution in [0.25, 0.3) is 11.6 Å². The Morgan fingerprint density at radius 3 is 1.70 bits per heavy atom. The Morgan fingerprint density at radius 2 is 1.28 bits per heavy atom. The lowest BCUT2D eigenvalue weighted by Gasteiger charge is -2.08. The van der Waals surface area contributed by atoms with Gasteiger partial charge in [-0.2, -0.15) is 29.8 Å². The first kappa shape index (κ1) is 31.2. The number of aliphatic hydroxyl groups excluding tert-OH is 1. The van der Waals surface area contributed by atoms with Gasteiger partial charge in [0.15, 0.2) is 52.1 Å². The Bertz CT molecular complexity index is 1840. The van der Waals surface area contributed by atoms with Crippen molar-refractivity contribution < 1.29 is 19.4 Å². The zero-order valence-corrected chi connectivity index (χ0v) is 25.1. The number of methoxy groups -OCH3 is 1. The molecule has 0 unspecified atom stereocenters. The van der Waals surface area contributed by atoms with E-state index in [1.54, 1.807) is 40.1 Å². The molecule has 0 spiro atoms. The third-order valence-corrected chi connectivity index (χ3v) is 6.56. The van der Waals surface area contributed by atoms with Gasteiger partial charge in [-0.05, 0) is 26.0 Å². The molecule has 7 N–H and O–H groups in total. The number of rotatable bonds is 11. The summed E-state index contributed by atoms with van der Waals surface area (Å²) in [5.41, 5.74) is 6.73. The van der Waals surface area contributed by atoms with Crippen molar-refractivity contribution in [2.24, 2.45) is 46.2 Å². The first-order valence-corrected chi connectivity index (χ1v) is 13.2. The fourth-order valence-corrected chi connectivity index (χ4v) is 4.24. The van der Waals surface area contributed by atoms with E-state index >= 15 is 0 Å². The molecule has 0 atom stereocenters. The second-order valence-electron chi connectivity index (χ2n) is 9.41. The number of carbonyl (C=O) groups is 2. The number of hydrazine groups is 2. The normalized spacial score (nSPS) is 11.6. The number of ketones is 1. The SMILES string of the molecule is COC(=O)c1cnn(C)c1/N=N/c1c(C)nn(-c2ccc(-n3nc(C)c(/N=N/c4c(C(=O)CO)cnn4C)c3NN)nn2)c1NN. The van der Waals surface area contributed by atoms with Crippen LogP contribution in [0.15, 0.2) is 45.0 Å². The number of nitrogen functional groups attached to an aromatic ring is 2. The number of hydrogen-bond acceptors (Lipinski definition) is 18. The number of carbonyl (C=O) groups excluding carboxylic acids is 2. The van der Waals surface area contributed by atoms with E-state index in [1.165, 1.54) is 38.2 Å². The van der Waals surface area contributed by atoms with Crippen molar-refractivity contribution in [3.63, 3.8) is 0 Å². The van der Waals surface area contributed by atoms with Crippen LogP contribution in [-0.2, 0) is 18.8 Å². The highest BCUT2D eigenvalue weighted by Gasteiger charge is 2.22. The summed E-state index contributed by atoms with van der Waals surface area (Å²) in [4.78, 5) is 24.1. The number of aryl methyl sites for hydroxylation is 4. The van der Waals surface area contributed by atoms with Crippen LogP contribution < -0.4 is 22.5 Å². The number of nitrogens with two attached hydrogens (primary N) is 2. The fourth-order valence-electron chi connectivity index (χ4n) is 4.24. The van der Waals surface area contributed by atoms with E-state index in [1.807, 2.05) is 0 Å². The molecule has 22 nitrogen and oxygen atoms in total. The van der Waals surface area contributed by atoms with Crippen molar-refractivity contribution >= 4 is 46.4 Å². The summed E-state index contributed by atoms with van der Waals surface area (Å²) in [7, 11) is 4.44. The Morgan fingerprint density at radius 1 is 0.826 bits per heavy atom. The Kier molecular flexibility index (Phi) is 8.65. The first-order valence-electron chi connectivity index (χ1n) is 13.2. The van der Waals surface area contributed by atoms with Crippen molar-refractivity contribution in [2.45, 2.75) is 13.8 Å². The zero-order valence-electron chi connectivity index (χ0n) is 25.1. The average Bonchev–Trinajstić information content (AvgIpc) is 3.80. The number of nitrogens with one attached hydrogen (secondary N) is 2. The van der Waals surface area contributed by atoms with Crippen LogP contribution >= 0.6 is 0 Å². The van der Waals surface area contributed by atoms with Crippen molar-refractivity contribution in [3.05, 3.63) is 47.0 Å². The van der Waals surface area contributed by atoms with Crippen LogP contribution in [-0.4, -0.2) is 79.9 Å². The Hall–Kier alpha value is -6.26. The van der Waals surface area contributed by atoms with E-state index < -0.39 is 18.4 Å². The topological polar surface area (TPSA) is 286 Å². The maximum atomic E-state index is 12.1. The monoisotopic (exact) mass is 632 g/mol. The average molecular weight is 633 g/mol. The molecule has 0 aliphatic rings. The van der Waals surface area contributed by atoms with Crippen LogP contribution in [0.2, 0.25) is 0 Å². The molecule has 0 aliphatic carbocycles. The van der Waals surface area contributed by atoms with E-state index in [2.05, 4.69) is 61.9 Å². The predicted molar refractivity (Wildman–Crippen MR) is 159 cm³/mol. The van der Waals surface area contributed by atoms with Crippen LogP contribution in [0, 0.1) is 13.8 Å². The minimum absolute atomic E-state index is 0.107. The van der Waals surface area contributed by atoms with Crippen LogP contribution in [0.4, 0.5) is 34.6 Å². The van der Waals surface area contributed by atoms with Gasteiger partial charge in [-0.25, -0.2) is 25.8 Å². The molecule has 5 aromatic heterocycles. The molecule has 0 saturated carbocycles. The highest BCUT2D eigenvalue weighted by Crippen LogP contribution is 2.34. The smallest absolute Gasteiger partial charge is 0.343 e. The Balaban J connectivity index is 1.46. The quantitative estimate of drug-likeness (QED) is 0.0451. The first-order chi connectivity index (χ1) is 22.1.